The van der Waals surface area contributed by atoms with E-state index in [0.29, 0.717) is 17.6 Å². The second-order valence-electron chi connectivity index (χ2n) is 4.10. The molecule has 2 rings (SSSR count). The van der Waals surface area contributed by atoms with Crippen molar-refractivity contribution in [3.8, 4) is 5.88 Å². The molecule has 0 amide bonds. The minimum atomic E-state index is 0.219. The van der Waals surface area contributed by atoms with E-state index in [1.807, 2.05) is 0 Å². The van der Waals surface area contributed by atoms with Crippen LogP contribution in [0.15, 0.2) is 6.07 Å². The van der Waals surface area contributed by atoms with E-state index in [2.05, 4.69) is 15.3 Å². The zero-order chi connectivity index (χ0) is 12.1. The normalized spacial score (nSPS) is 19.2. The van der Waals surface area contributed by atoms with Gasteiger partial charge in [0.1, 0.15) is 5.82 Å². The van der Waals surface area contributed by atoms with Crippen LogP contribution in [0.3, 0.4) is 0 Å². The standard InChI is InChI=1S/C11H18N4O2/c1-16-10-6-9(14-11(12)15-10)13-4-2-8-3-5-17-7-8/h6,8H,2-5,7H2,1H3,(H3,12,13,14,15). The third-order valence-electron chi connectivity index (χ3n) is 2.81. The van der Waals surface area contributed by atoms with Crippen molar-refractivity contribution in [1.82, 2.24) is 9.97 Å². The number of nitrogens with two attached hydrogens (primary N) is 1. The topological polar surface area (TPSA) is 82.3 Å². The van der Waals surface area contributed by atoms with Crippen molar-refractivity contribution in [3.63, 3.8) is 0 Å². The van der Waals surface area contributed by atoms with Crippen molar-refractivity contribution in [2.24, 2.45) is 5.92 Å². The van der Waals surface area contributed by atoms with Crippen LogP contribution < -0.4 is 15.8 Å². The van der Waals surface area contributed by atoms with Crippen LogP contribution in [0.4, 0.5) is 11.8 Å². The predicted octanol–water partition coefficient (Wildman–Crippen LogP) is 0.906. The van der Waals surface area contributed by atoms with Gasteiger partial charge in [-0.1, -0.05) is 0 Å². The second kappa shape index (κ2) is 5.67. The number of nitrogens with zero attached hydrogens (tertiary/aromatic N) is 2. The van der Waals surface area contributed by atoms with Gasteiger partial charge in [-0.25, -0.2) is 0 Å². The SMILES string of the molecule is COc1cc(NCCC2CCOC2)nc(N)n1. The molecule has 6 nitrogen and oxygen atoms in total. The molecule has 6 heteroatoms. The first-order valence-electron chi connectivity index (χ1n) is 5.78. The van der Waals surface area contributed by atoms with Gasteiger partial charge in [-0.15, -0.1) is 0 Å². The molecular weight excluding hydrogens is 220 g/mol. The molecule has 1 aliphatic heterocycles. The van der Waals surface area contributed by atoms with E-state index < -0.39 is 0 Å². The van der Waals surface area contributed by atoms with Crippen LogP contribution in [0.2, 0.25) is 0 Å². The summed E-state index contributed by atoms with van der Waals surface area (Å²) in [5.74, 6) is 2.05. The summed E-state index contributed by atoms with van der Waals surface area (Å²) in [4.78, 5) is 8.01. The Labute approximate surface area is 101 Å². The van der Waals surface area contributed by atoms with Crippen molar-refractivity contribution >= 4 is 11.8 Å². The quantitative estimate of drug-likeness (QED) is 0.793. The number of hydrogen-bond acceptors (Lipinski definition) is 6. The summed E-state index contributed by atoms with van der Waals surface area (Å²) in [6.45, 7) is 2.61. The lowest BCUT2D eigenvalue weighted by molar-refractivity contribution is 0.185. The highest BCUT2D eigenvalue weighted by molar-refractivity contribution is 5.42. The van der Waals surface area contributed by atoms with E-state index >= 15 is 0 Å². The van der Waals surface area contributed by atoms with Gasteiger partial charge >= 0.3 is 0 Å². The zero-order valence-corrected chi connectivity index (χ0v) is 9.98. The van der Waals surface area contributed by atoms with Gasteiger partial charge in [-0.3, -0.25) is 0 Å². The summed E-state index contributed by atoms with van der Waals surface area (Å²) in [5, 5.41) is 3.22. The zero-order valence-electron chi connectivity index (χ0n) is 9.98. The van der Waals surface area contributed by atoms with Gasteiger partial charge in [0, 0.05) is 25.8 Å². The Morgan fingerprint density at radius 1 is 1.59 bits per heavy atom. The molecule has 0 radical (unpaired) electrons. The molecule has 2 heterocycles. The summed E-state index contributed by atoms with van der Waals surface area (Å²) in [5.41, 5.74) is 5.57. The maximum absolute atomic E-state index is 5.57. The molecule has 0 spiro atoms. The average molecular weight is 238 g/mol. The second-order valence-corrected chi connectivity index (χ2v) is 4.10. The summed E-state index contributed by atoms with van der Waals surface area (Å²) >= 11 is 0. The van der Waals surface area contributed by atoms with Gasteiger partial charge in [0.15, 0.2) is 0 Å². The van der Waals surface area contributed by atoms with Gasteiger partial charge in [-0.05, 0) is 18.8 Å². The third-order valence-corrected chi connectivity index (χ3v) is 2.81. The van der Waals surface area contributed by atoms with Crippen LogP contribution >= 0.6 is 0 Å². The molecule has 1 unspecified atom stereocenters. The van der Waals surface area contributed by atoms with E-state index in [1.165, 1.54) is 0 Å². The summed E-state index contributed by atoms with van der Waals surface area (Å²) in [6, 6.07) is 1.74. The number of methoxy groups -OCH3 is 1. The minimum Gasteiger partial charge on any atom is -0.481 e. The number of nitrogen functional groups attached to an aromatic ring is 1. The molecular formula is C11H18N4O2. The summed E-state index contributed by atoms with van der Waals surface area (Å²) < 4.78 is 10.3. The minimum absolute atomic E-state index is 0.219. The molecule has 0 saturated carbocycles. The van der Waals surface area contributed by atoms with E-state index in [9.17, 15) is 0 Å². The Kier molecular flexibility index (Phi) is 3.98. The lowest BCUT2D eigenvalue weighted by Gasteiger charge is -2.10. The van der Waals surface area contributed by atoms with Crippen molar-refractivity contribution in [2.45, 2.75) is 12.8 Å². The van der Waals surface area contributed by atoms with Crippen LogP contribution in [0.1, 0.15) is 12.8 Å². The average Bonchev–Trinajstić information content (AvgIpc) is 2.81. The molecule has 1 aromatic heterocycles. The highest BCUT2D eigenvalue weighted by atomic mass is 16.5. The number of aromatic nitrogens is 2. The lowest BCUT2D eigenvalue weighted by atomic mass is 10.1. The molecule has 1 saturated heterocycles. The number of anilines is 2. The molecule has 1 aliphatic rings. The fraction of sp³-hybridized carbons (Fsp3) is 0.636. The van der Waals surface area contributed by atoms with Crippen molar-refractivity contribution in [3.05, 3.63) is 6.07 Å². The Balaban J connectivity index is 1.83. The Hall–Kier alpha value is -1.56. The Morgan fingerprint density at radius 3 is 3.18 bits per heavy atom. The van der Waals surface area contributed by atoms with Crippen molar-refractivity contribution in [2.75, 3.05) is 37.9 Å². The van der Waals surface area contributed by atoms with Crippen LogP contribution in [0.25, 0.3) is 0 Å². The first-order valence-corrected chi connectivity index (χ1v) is 5.78. The fourth-order valence-electron chi connectivity index (χ4n) is 1.85. The molecule has 1 aromatic rings. The summed E-state index contributed by atoms with van der Waals surface area (Å²) in [7, 11) is 1.56. The maximum Gasteiger partial charge on any atom is 0.225 e. The fourth-order valence-corrected chi connectivity index (χ4v) is 1.85. The first kappa shape index (κ1) is 11.9. The monoisotopic (exact) mass is 238 g/mol. The molecule has 17 heavy (non-hydrogen) atoms. The van der Waals surface area contributed by atoms with Gasteiger partial charge in [0.2, 0.25) is 11.8 Å². The number of rotatable bonds is 5. The van der Waals surface area contributed by atoms with E-state index in [1.54, 1.807) is 13.2 Å². The van der Waals surface area contributed by atoms with Crippen LogP contribution in [-0.2, 0) is 4.74 Å². The molecule has 1 fully saturated rings. The molecule has 94 valence electrons. The van der Waals surface area contributed by atoms with Crippen LogP contribution in [0.5, 0.6) is 5.88 Å². The molecule has 3 N–H and O–H groups in total. The smallest absolute Gasteiger partial charge is 0.225 e. The molecule has 1 atom stereocenters. The molecule has 0 aliphatic carbocycles. The largest absolute Gasteiger partial charge is 0.481 e. The Bertz CT molecular complexity index is 366. The summed E-state index contributed by atoms with van der Waals surface area (Å²) in [6.07, 6.45) is 2.23. The highest BCUT2D eigenvalue weighted by Crippen LogP contribution is 2.17. The predicted molar refractivity (Wildman–Crippen MR) is 65.0 cm³/mol. The first-order chi connectivity index (χ1) is 8.28. The van der Waals surface area contributed by atoms with Gasteiger partial charge in [-0.2, -0.15) is 9.97 Å². The van der Waals surface area contributed by atoms with E-state index in [4.69, 9.17) is 15.2 Å². The van der Waals surface area contributed by atoms with Gasteiger partial charge in [0.05, 0.1) is 7.11 Å². The van der Waals surface area contributed by atoms with Crippen molar-refractivity contribution in [1.29, 1.82) is 0 Å². The number of hydrogen-bond donors (Lipinski definition) is 2. The maximum atomic E-state index is 5.57. The highest BCUT2D eigenvalue weighted by Gasteiger charge is 2.14. The van der Waals surface area contributed by atoms with Crippen LogP contribution in [0, 0.1) is 5.92 Å². The Morgan fingerprint density at radius 2 is 2.47 bits per heavy atom. The third kappa shape index (κ3) is 3.45. The number of ether oxygens (including phenoxy) is 2. The van der Waals surface area contributed by atoms with Crippen molar-refractivity contribution < 1.29 is 9.47 Å². The molecule has 0 bridgehead atoms. The lowest BCUT2D eigenvalue weighted by Crippen LogP contribution is -2.11. The van der Waals surface area contributed by atoms with Gasteiger partial charge in [0.25, 0.3) is 0 Å². The molecule has 0 aromatic carbocycles. The van der Waals surface area contributed by atoms with Crippen LogP contribution in [-0.4, -0.2) is 36.8 Å². The van der Waals surface area contributed by atoms with Gasteiger partial charge < -0.3 is 20.5 Å². The number of nitrogens with one attached hydrogen (secondary N) is 1. The van der Waals surface area contributed by atoms with E-state index in [-0.39, 0.29) is 5.95 Å². The van der Waals surface area contributed by atoms with E-state index in [0.717, 1.165) is 32.6 Å².